The molecular formula is C10H7ClFN3O4S. The van der Waals surface area contributed by atoms with E-state index in [1.54, 1.807) is 0 Å². The molecule has 2 aromatic rings. The van der Waals surface area contributed by atoms with Gasteiger partial charge in [0, 0.05) is 0 Å². The van der Waals surface area contributed by atoms with E-state index in [0.29, 0.717) is 4.68 Å². The normalized spacial score (nSPS) is 11.6. The highest BCUT2D eigenvalue weighted by atomic mass is 35.5. The van der Waals surface area contributed by atoms with Crippen LogP contribution in [0.1, 0.15) is 0 Å². The average Bonchev–Trinajstić information content (AvgIpc) is 2.36. The van der Waals surface area contributed by atoms with Crippen molar-refractivity contribution in [2.45, 2.75) is 4.90 Å². The standard InChI is InChI=1S/C10H7ClFN3O4S/c11-9-6(12)4-14-15(10(9)16)8-2-1-5(3-7(8)13)20(17,18)19/h1-4H,13H2,(H,17,18,19). The molecule has 0 amide bonds. The van der Waals surface area contributed by atoms with Crippen molar-refractivity contribution in [3.05, 3.63) is 45.6 Å². The summed E-state index contributed by atoms with van der Waals surface area (Å²) in [6, 6.07) is 3.10. The Labute approximate surface area is 117 Å². The van der Waals surface area contributed by atoms with E-state index < -0.39 is 31.4 Å². The minimum Gasteiger partial charge on any atom is -0.397 e. The number of hydrogen-bond acceptors (Lipinski definition) is 5. The summed E-state index contributed by atoms with van der Waals surface area (Å²) in [6.07, 6.45) is 0.722. The van der Waals surface area contributed by atoms with Crippen LogP contribution >= 0.6 is 11.6 Å². The molecule has 0 aliphatic rings. The van der Waals surface area contributed by atoms with Gasteiger partial charge in [-0.2, -0.15) is 18.2 Å². The Morgan fingerprint density at radius 1 is 1.40 bits per heavy atom. The topological polar surface area (TPSA) is 115 Å². The number of nitrogens with zero attached hydrogens (tertiary/aromatic N) is 2. The number of hydrogen-bond donors (Lipinski definition) is 2. The summed E-state index contributed by atoms with van der Waals surface area (Å²) in [5, 5.41) is 2.85. The van der Waals surface area contributed by atoms with Gasteiger partial charge in [0.2, 0.25) is 0 Å². The molecular weight excluding hydrogens is 313 g/mol. The van der Waals surface area contributed by atoms with Crippen LogP contribution in [0.4, 0.5) is 10.1 Å². The fraction of sp³-hybridized carbons (Fsp3) is 0. The third-order valence-electron chi connectivity index (χ3n) is 2.40. The van der Waals surface area contributed by atoms with Crippen LogP contribution in [-0.2, 0) is 10.1 Å². The predicted molar refractivity (Wildman–Crippen MR) is 69.0 cm³/mol. The summed E-state index contributed by atoms with van der Waals surface area (Å²) < 4.78 is 44.5. The van der Waals surface area contributed by atoms with Gasteiger partial charge in [-0.15, -0.1) is 0 Å². The minimum atomic E-state index is -4.42. The number of halogens is 2. The molecule has 0 aliphatic carbocycles. The molecule has 0 fully saturated rings. The highest BCUT2D eigenvalue weighted by Crippen LogP contribution is 2.20. The fourth-order valence-corrected chi connectivity index (χ4v) is 2.11. The van der Waals surface area contributed by atoms with Gasteiger partial charge in [-0.3, -0.25) is 9.35 Å². The predicted octanol–water partition coefficient (Wildman–Crippen LogP) is 0.854. The first-order valence-electron chi connectivity index (χ1n) is 5.02. The summed E-state index contributed by atoms with van der Waals surface area (Å²) in [7, 11) is -4.42. The molecule has 2 rings (SSSR count). The third kappa shape index (κ3) is 2.50. The molecule has 0 aliphatic heterocycles. The monoisotopic (exact) mass is 319 g/mol. The molecule has 0 unspecified atom stereocenters. The van der Waals surface area contributed by atoms with E-state index in [9.17, 15) is 17.6 Å². The summed E-state index contributed by atoms with van der Waals surface area (Å²) in [5.74, 6) is -0.985. The molecule has 1 aromatic carbocycles. The molecule has 0 radical (unpaired) electrons. The second kappa shape index (κ2) is 4.85. The lowest BCUT2D eigenvalue weighted by Gasteiger charge is -2.09. The SMILES string of the molecule is Nc1cc(S(=O)(=O)O)ccc1-n1ncc(F)c(Cl)c1=O. The van der Waals surface area contributed by atoms with Gasteiger partial charge in [-0.05, 0) is 18.2 Å². The molecule has 7 nitrogen and oxygen atoms in total. The molecule has 1 aromatic heterocycles. The average molecular weight is 320 g/mol. The largest absolute Gasteiger partial charge is 0.397 e. The maximum atomic E-state index is 13.0. The van der Waals surface area contributed by atoms with Crippen LogP contribution in [0, 0.1) is 5.82 Å². The zero-order valence-electron chi connectivity index (χ0n) is 9.62. The van der Waals surface area contributed by atoms with Crippen LogP contribution in [0.15, 0.2) is 34.1 Å². The van der Waals surface area contributed by atoms with Crippen molar-refractivity contribution in [1.29, 1.82) is 0 Å². The van der Waals surface area contributed by atoms with Crippen molar-refractivity contribution in [2.75, 3.05) is 5.73 Å². The molecule has 1 heterocycles. The maximum absolute atomic E-state index is 13.0. The number of anilines is 1. The number of benzene rings is 1. The van der Waals surface area contributed by atoms with Gasteiger partial charge in [0.15, 0.2) is 5.82 Å². The third-order valence-corrected chi connectivity index (χ3v) is 3.59. The van der Waals surface area contributed by atoms with E-state index in [1.807, 2.05) is 0 Å². The Hall–Kier alpha value is -1.97. The van der Waals surface area contributed by atoms with Crippen molar-refractivity contribution in [2.24, 2.45) is 0 Å². The first-order valence-corrected chi connectivity index (χ1v) is 6.84. The quantitative estimate of drug-likeness (QED) is 0.626. The first kappa shape index (κ1) is 14.4. The molecule has 106 valence electrons. The first-order chi connectivity index (χ1) is 9.21. The van der Waals surface area contributed by atoms with Crippen LogP contribution in [-0.4, -0.2) is 22.8 Å². The van der Waals surface area contributed by atoms with Gasteiger partial charge < -0.3 is 5.73 Å². The van der Waals surface area contributed by atoms with Gasteiger partial charge >= 0.3 is 0 Å². The second-order valence-corrected chi connectivity index (χ2v) is 5.52. The molecule has 10 heteroatoms. The number of nitrogen functional groups attached to an aromatic ring is 1. The zero-order chi connectivity index (χ0) is 15.1. The van der Waals surface area contributed by atoms with E-state index in [-0.39, 0.29) is 11.4 Å². The van der Waals surface area contributed by atoms with Gasteiger partial charge in [0.1, 0.15) is 5.02 Å². The smallest absolute Gasteiger partial charge is 0.294 e. The van der Waals surface area contributed by atoms with E-state index in [4.69, 9.17) is 21.9 Å². The van der Waals surface area contributed by atoms with Gasteiger partial charge in [0.05, 0.1) is 22.5 Å². The molecule has 0 bridgehead atoms. The maximum Gasteiger partial charge on any atom is 0.294 e. The van der Waals surface area contributed by atoms with Crippen LogP contribution in [0.5, 0.6) is 0 Å². The number of nitrogens with two attached hydrogens (primary N) is 1. The highest BCUT2D eigenvalue weighted by Gasteiger charge is 2.15. The highest BCUT2D eigenvalue weighted by molar-refractivity contribution is 7.85. The summed E-state index contributed by atoms with van der Waals surface area (Å²) in [6.45, 7) is 0. The number of aromatic nitrogens is 2. The molecule has 0 saturated heterocycles. The van der Waals surface area contributed by atoms with Crippen molar-refractivity contribution >= 4 is 27.4 Å². The van der Waals surface area contributed by atoms with Crippen LogP contribution < -0.4 is 11.3 Å². The lowest BCUT2D eigenvalue weighted by molar-refractivity contribution is 0.483. The van der Waals surface area contributed by atoms with Crippen LogP contribution in [0.25, 0.3) is 5.69 Å². The molecule has 0 spiro atoms. The van der Waals surface area contributed by atoms with E-state index in [2.05, 4.69) is 5.10 Å². The summed E-state index contributed by atoms with van der Waals surface area (Å²) in [5.41, 5.74) is 4.50. The summed E-state index contributed by atoms with van der Waals surface area (Å²) in [4.78, 5) is 11.3. The molecule has 0 saturated carbocycles. The molecule has 3 N–H and O–H groups in total. The lowest BCUT2D eigenvalue weighted by Crippen LogP contribution is -2.23. The van der Waals surface area contributed by atoms with Gasteiger partial charge in [-0.25, -0.2) is 4.39 Å². The minimum absolute atomic E-state index is 0.00398. The second-order valence-electron chi connectivity index (χ2n) is 3.72. The fourth-order valence-electron chi connectivity index (χ4n) is 1.47. The number of rotatable bonds is 2. The van der Waals surface area contributed by atoms with E-state index >= 15 is 0 Å². The van der Waals surface area contributed by atoms with E-state index in [0.717, 1.165) is 24.4 Å². The molecule has 0 atom stereocenters. The Bertz CT molecular complexity index is 850. The Morgan fingerprint density at radius 3 is 2.60 bits per heavy atom. The Kier molecular flexibility index (Phi) is 3.50. The van der Waals surface area contributed by atoms with Crippen LogP contribution in [0.2, 0.25) is 5.02 Å². The van der Waals surface area contributed by atoms with Crippen LogP contribution in [0.3, 0.4) is 0 Å². The van der Waals surface area contributed by atoms with E-state index in [1.165, 1.54) is 0 Å². The van der Waals surface area contributed by atoms with Gasteiger partial charge in [-0.1, -0.05) is 11.6 Å². The van der Waals surface area contributed by atoms with Crippen molar-refractivity contribution in [3.8, 4) is 5.69 Å². The summed E-state index contributed by atoms with van der Waals surface area (Å²) >= 11 is 5.46. The Balaban J connectivity index is 2.67. The van der Waals surface area contributed by atoms with Crippen molar-refractivity contribution in [3.63, 3.8) is 0 Å². The lowest BCUT2D eigenvalue weighted by atomic mass is 10.2. The van der Waals surface area contributed by atoms with Crippen molar-refractivity contribution < 1.29 is 17.4 Å². The van der Waals surface area contributed by atoms with Crippen molar-refractivity contribution in [1.82, 2.24) is 9.78 Å². The zero-order valence-corrected chi connectivity index (χ0v) is 11.2. The Morgan fingerprint density at radius 2 is 2.05 bits per heavy atom. The molecule has 20 heavy (non-hydrogen) atoms. The van der Waals surface area contributed by atoms with Gasteiger partial charge in [0.25, 0.3) is 15.7 Å².